The molecule has 0 aliphatic carbocycles. The Morgan fingerprint density at radius 1 is 1.07 bits per heavy atom. The van der Waals surface area contributed by atoms with Crippen LogP contribution in [0.2, 0.25) is 0 Å². The number of hydrogen-bond donors (Lipinski definition) is 1. The van der Waals surface area contributed by atoms with Crippen molar-refractivity contribution in [1.29, 1.82) is 0 Å². The molecule has 0 radical (unpaired) electrons. The van der Waals surface area contributed by atoms with Crippen LogP contribution in [-0.2, 0) is 33.3 Å². The van der Waals surface area contributed by atoms with E-state index >= 15 is 0 Å². The number of hydrogen-bond acceptors (Lipinski definition) is 9. The van der Waals surface area contributed by atoms with E-state index in [2.05, 4.69) is 0 Å². The van der Waals surface area contributed by atoms with Crippen molar-refractivity contribution in [2.45, 2.75) is 44.6 Å². The molecule has 0 spiro atoms. The summed E-state index contributed by atoms with van der Waals surface area (Å²) in [5.74, 6) is -1.96. The summed E-state index contributed by atoms with van der Waals surface area (Å²) >= 11 is 0. The van der Waals surface area contributed by atoms with Crippen LogP contribution in [0.15, 0.2) is 30.3 Å². The van der Waals surface area contributed by atoms with Gasteiger partial charge in [-0.2, -0.15) is 0 Å². The molecule has 148 valence electrons. The highest BCUT2D eigenvalue weighted by Crippen LogP contribution is 2.27. The minimum absolute atomic E-state index is 0.320. The molecule has 1 saturated heterocycles. The third kappa shape index (κ3) is 5.49. The number of rotatable bonds is 6. The molecule has 0 aromatic heterocycles. The van der Waals surface area contributed by atoms with E-state index in [9.17, 15) is 19.5 Å². The first-order chi connectivity index (χ1) is 12.8. The van der Waals surface area contributed by atoms with Crippen molar-refractivity contribution in [1.82, 2.24) is 0 Å². The molecule has 1 aromatic rings. The number of ether oxygens (including phenoxy) is 5. The normalized spacial score (nSPS) is 27.5. The minimum Gasteiger partial charge on any atom is -0.459 e. The maximum absolute atomic E-state index is 12.1. The first-order valence-electron chi connectivity index (χ1n) is 8.26. The van der Waals surface area contributed by atoms with E-state index in [1.165, 1.54) is 7.11 Å². The van der Waals surface area contributed by atoms with Crippen molar-refractivity contribution in [3.05, 3.63) is 35.9 Å². The molecule has 1 aliphatic heterocycles. The standard InChI is InChI=1S/C18H22O9/c1-10(19)25-15-14(21)13(27-18(23-3)16(15)26-11(2)20)9-24-17(22)12-7-5-4-6-8-12/h4-8,13-16,18,21H,9H2,1-3H3/t13-,14-,15+,16-,18+/m1/s1/i24+1. The van der Waals surface area contributed by atoms with Gasteiger partial charge in [-0.1, -0.05) is 18.2 Å². The van der Waals surface area contributed by atoms with E-state index in [-0.39, 0.29) is 6.61 Å². The van der Waals surface area contributed by atoms with Gasteiger partial charge in [-0.25, -0.2) is 4.79 Å². The molecule has 1 aromatic carbocycles. The second kappa shape index (κ2) is 9.45. The van der Waals surface area contributed by atoms with Crippen LogP contribution in [0.5, 0.6) is 0 Å². The lowest BCUT2D eigenvalue weighted by atomic mass is 9.98. The molecule has 9 heteroatoms. The average Bonchev–Trinajstić information content (AvgIpc) is 2.64. The van der Waals surface area contributed by atoms with Crippen LogP contribution in [0.25, 0.3) is 0 Å². The predicted molar refractivity (Wildman–Crippen MR) is 89.5 cm³/mol. The first kappa shape index (κ1) is 20.8. The highest BCUT2D eigenvalue weighted by molar-refractivity contribution is 5.89. The van der Waals surface area contributed by atoms with Gasteiger partial charge in [0.1, 0.15) is 18.8 Å². The molecule has 1 N–H and O–H groups in total. The van der Waals surface area contributed by atoms with Crippen molar-refractivity contribution in [2.24, 2.45) is 0 Å². The molecular weight excluding hydrogens is 361 g/mol. The Labute approximate surface area is 156 Å². The van der Waals surface area contributed by atoms with Crippen LogP contribution in [0.3, 0.4) is 0 Å². The zero-order valence-electron chi connectivity index (χ0n) is 15.2. The van der Waals surface area contributed by atoms with Gasteiger partial charge in [0.15, 0.2) is 18.5 Å². The Hall–Kier alpha value is -2.49. The van der Waals surface area contributed by atoms with Crippen molar-refractivity contribution in [3.8, 4) is 0 Å². The van der Waals surface area contributed by atoms with Gasteiger partial charge < -0.3 is 28.8 Å². The summed E-state index contributed by atoms with van der Waals surface area (Å²) in [6, 6.07) is 8.29. The SMILES string of the molecule is CO[C@H]1O[C@H](C[17O]C(=O)c2ccccc2)[C@@H](O)[C@H](OC(C)=O)[C@H]1OC(C)=O. The van der Waals surface area contributed by atoms with Gasteiger partial charge in [0, 0.05) is 21.0 Å². The average molecular weight is 383 g/mol. The lowest BCUT2D eigenvalue weighted by molar-refractivity contribution is -0.299. The molecule has 5 atom stereocenters. The van der Waals surface area contributed by atoms with Crippen molar-refractivity contribution >= 4 is 17.9 Å². The molecule has 27 heavy (non-hydrogen) atoms. The van der Waals surface area contributed by atoms with Gasteiger partial charge in [-0.05, 0) is 12.1 Å². The number of carbonyl (C=O) groups is 3. The molecule has 0 saturated carbocycles. The molecular formula is C18H22O9. The Kier molecular flexibility index (Phi) is 7.28. The molecule has 0 amide bonds. The molecule has 2 rings (SSSR count). The van der Waals surface area contributed by atoms with Crippen LogP contribution in [0.1, 0.15) is 24.2 Å². The van der Waals surface area contributed by atoms with Gasteiger partial charge in [0.05, 0.1) is 5.56 Å². The van der Waals surface area contributed by atoms with Gasteiger partial charge in [0.2, 0.25) is 0 Å². The van der Waals surface area contributed by atoms with E-state index < -0.39 is 48.6 Å². The second-order valence-electron chi connectivity index (χ2n) is 5.88. The lowest BCUT2D eigenvalue weighted by Crippen LogP contribution is -2.61. The highest BCUT2D eigenvalue weighted by atomic mass is 17.4. The van der Waals surface area contributed by atoms with Crippen molar-refractivity contribution < 1.29 is 43.2 Å². The van der Waals surface area contributed by atoms with E-state index in [4.69, 9.17) is 23.7 Å². The Bertz CT molecular complexity index is 660. The van der Waals surface area contributed by atoms with E-state index in [1.807, 2.05) is 0 Å². The Morgan fingerprint density at radius 3 is 2.22 bits per heavy atom. The van der Waals surface area contributed by atoms with Crippen molar-refractivity contribution in [2.75, 3.05) is 13.7 Å². The third-order valence-electron chi connectivity index (χ3n) is 3.84. The Morgan fingerprint density at radius 2 is 1.67 bits per heavy atom. The summed E-state index contributed by atoms with van der Waals surface area (Å²) < 4.78 is 26.1. The summed E-state index contributed by atoms with van der Waals surface area (Å²) in [7, 11) is 1.30. The zero-order valence-corrected chi connectivity index (χ0v) is 15.2. The number of esters is 3. The quantitative estimate of drug-likeness (QED) is 0.551. The largest absolute Gasteiger partial charge is 0.459 e. The van der Waals surface area contributed by atoms with E-state index in [0.29, 0.717) is 5.56 Å². The fraction of sp³-hybridized carbons (Fsp3) is 0.500. The monoisotopic (exact) mass is 383 g/mol. The predicted octanol–water partition coefficient (Wildman–Crippen LogP) is 0.439. The smallest absolute Gasteiger partial charge is 0.338 e. The maximum atomic E-state index is 12.1. The topological polar surface area (TPSA) is 118 Å². The molecule has 0 bridgehead atoms. The number of methoxy groups -OCH3 is 1. The third-order valence-corrected chi connectivity index (χ3v) is 3.84. The molecule has 1 heterocycles. The first-order valence-corrected chi connectivity index (χ1v) is 8.26. The fourth-order valence-electron chi connectivity index (χ4n) is 2.68. The molecule has 0 unspecified atom stereocenters. The maximum Gasteiger partial charge on any atom is 0.338 e. The number of carbonyl (C=O) groups excluding carboxylic acids is 3. The molecule has 1 aliphatic rings. The van der Waals surface area contributed by atoms with Gasteiger partial charge in [0.25, 0.3) is 0 Å². The van der Waals surface area contributed by atoms with Crippen molar-refractivity contribution in [3.63, 3.8) is 0 Å². The van der Waals surface area contributed by atoms with E-state index in [1.54, 1.807) is 30.3 Å². The molecule has 9 nitrogen and oxygen atoms in total. The minimum atomic E-state index is -1.41. The van der Waals surface area contributed by atoms with Crippen LogP contribution in [0.4, 0.5) is 0 Å². The lowest BCUT2D eigenvalue weighted by Gasteiger charge is -2.42. The summed E-state index contributed by atoms with van der Waals surface area (Å²) in [5, 5.41) is 10.5. The van der Waals surface area contributed by atoms with Crippen LogP contribution in [0, 0.1) is 0 Å². The highest BCUT2D eigenvalue weighted by Gasteiger charge is 2.50. The number of aliphatic hydroxyl groups excluding tert-OH is 1. The summed E-state index contributed by atoms with van der Waals surface area (Å²) in [6.45, 7) is 2.00. The number of benzene rings is 1. The zero-order chi connectivity index (χ0) is 20.0. The van der Waals surface area contributed by atoms with E-state index in [0.717, 1.165) is 13.8 Å². The van der Waals surface area contributed by atoms with Gasteiger partial charge in [-0.3, -0.25) is 9.59 Å². The summed E-state index contributed by atoms with van der Waals surface area (Å²) in [6.07, 6.45) is -6.01. The number of aliphatic hydroxyl groups is 1. The molecule has 1 fully saturated rings. The van der Waals surface area contributed by atoms with Crippen LogP contribution >= 0.6 is 0 Å². The fourth-order valence-corrected chi connectivity index (χ4v) is 2.68. The van der Waals surface area contributed by atoms with Crippen LogP contribution in [-0.4, -0.2) is 67.4 Å². The summed E-state index contributed by atoms with van der Waals surface area (Å²) in [5.41, 5.74) is 0.334. The second-order valence-corrected chi connectivity index (χ2v) is 5.88. The Balaban J connectivity index is 2.11. The van der Waals surface area contributed by atoms with Gasteiger partial charge >= 0.3 is 17.9 Å². The summed E-state index contributed by atoms with van der Waals surface area (Å²) in [4.78, 5) is 34.8. The van der Waals surface area contributed by atoms with Gasteiger partial charge in [-0.15, -0.1) is 0 Å². The van der Waals surface area contributed by atoms with Crippen LogP contribution < -0.4 is 0 Å².